The third-order valence-electron chi connectivity index (χ3n) is 3.81. The van der Waals surface area contributed by atoms with Gasteiger partial charge in [-0.05, 0) is 39.3 Å². The molecule has 0 saturated carbocycles. The zero-order chi connectivity index (χ0) is 17.6. The number of likely N-dealkylation sites (N-methyl/N-ethyl adjacent to an activating group) is 1. The van der Waals surface area contributed by atoms with Crippen molar-refractivity contribution in [2.45, 2.75) is 26.7 Å². The summed E-state index contributed by atoms with van der Waals surface area (Å²) in [6.07, 6.45) is 2.06. The van der Waals surface area contributed by atoms with Crippen molar-refractivity contribution >= 4 is 5.96 Å². The Labute approximate surface area is 147 Å². The summed E-state index contributed by atoms with van der Waals surface area (Å²) in [5, 5.41) is 6.71. The highest BCUT2D eigenvalue weighted by Crippen LogP contribution is 2.03. The molecule has 0 amide bonds. The lowest BCUT2D eigenvalue weighted by Crippen LogP contribution is -2.39. The maximum absolute atomic E-state index is 5.08. The summed E-state index contributed by atoms with van der Waals surface area (Å²) in [6, 6.07) is 8.70. The van der Waals surface area contributed by atoms with E-state index in [1.807, 2.05) is 0 Å². The van der Waals surface area contributed by atoms with Gasteiger partial charge in [0.25, 0.3) is 0 Å². The highest BCUT2D eigenvalue weighted by atomic mass is 16.5. The van der Waals surface area contributed by atoms with Crippen molar-refractivity contribution in [2.24, 2.45) is 4.99 Å². The first-order valence-corrected chi connectivity index (χ1v) is 8.91. The molecular weight excluding hydrogens is 300 g/mol. The molecule has 0 aliphatic heterocycles. The Bertz CT molecular complexity index is 459. The number of aliphatic imine (C=N–C) groups is 1. The summed E-state index contributed by atoms with van der Waals surface area (Å²) < 4.78 is 5.08. The molecule has 0 unspecified atom stereocenters. The second kappa shape index (κ2) is 12.8. The average Bonchev–Trinajstić information content (AvgIpc) is 2.57. The highest BCUT2D eigenvalue weighted by Gasteiger charge is 2.00. The molecule has 5 heteroatoms. The van der Waals surface area contributed by atoms with Gasteiger partial charge in [-0.15, -0.1) is 0 Å². The highest BCUT2D eigenvalue weighted by molar-refractivity contribution is 5.79. The molecule has 0 bridgehead atoms. The number of methoxy groups -OCH3 is 1. The van der Waals surface area contributed by atoms with Crippen molar-refractivity contribution < 1.29 is 4.74 Å². The largest absolute Gasteiger partial charge is 0.385 e. The van der Waals surface area contributed by atoms with E-state index >= 15 is 0 Å². The van der Waals surface area contributed by atoms with Crippen LogP contribution in [0.3, 0.4) is 0 Å². The fourth-order valence-electron chi connectivity index (χ4n) is 2.34. The zero-order valence-electron chi connectivity index (χ0n) is 15.8. The predicted molar refractivity (Wildman–Crippen MR) is 103 cm³/mol. The topological polar surface area (TPSA) is 48.9 Å². The average molecular weight is 335 g/mol. The van der Waals surface area contributed by atoms with Gasteiger partial charge in [0.15, 0.2) is 5.96 Å². The van der Waals surface area contributed by atoms with E-state index in [4.69, 9.17) is 4.74 Å². The number of benzene rings is 1. The molecule has 24 heavy (non-hydrogen) atoms. The van der Waals surface area contributed by atoms with E-state index < -0.39 is 0 Å². The Balaban J connectivity index is 2.29. The van der Waals surface area contributed by atoms with Crippen molar-refractivity contribution in [2.75, 3.05) is 53.5 Å². The van der Waals surface area contributed by atoms with Crippen LogP contribution >= 0.6 is 0 Å². The van der Waals surface area contributed by atoms with Gasteiger partial charge in [0.1, 0.15) is 0 Å². The predicted octanol–water partition coefficient (Wildman–Crippen LogP) is 2.06. The van der Waals surface area contributed by atoms with Crippen LogP contribution in [-0.2, 0) is 11.2 Å². The molecule has 5 nitrogen and oxygen atoms in total. The van der Waals surface area contributed by atoms with Gasteiger partial charge in [0.2, 0.25) is 0 Å². The Morgan fingerprint density at radius 3 is 2.58 bits per heavy atom. The molecule has 0 atom stereocenters. The molecule has 0 aliphatic carbocycles. The van der Waals surface area contributed by atoms with Crippen LogP contribution < -0.4 is 10.6 Å². The van der Waals surface area contributed by atoms with Crippen molar-refractivity contribution in [1.82, 2.24) is 15.5 Å². The number of nitrogens with zero attached hydrogens (tertiary/aromatic N) is 2. The number of hydrogen-bond donors (Lipinski definition) is 2. The van der Waals surface area contributed by atoms with Crippen LogP contribution in [0.4, 0.5) is 0 Å². The molecule has 0 spiro atoms. The van der Waals surface area contributed by atoms with Gasteiger partial charge < -0.3 is 20.3 Å². The Morgan fingerprint density at radius 1 is 1.17 bits per heavy atom. The first-order valence-electron chi connectivity index (χ1n) is 8.91. The smallest absolute Gasteiger partial charge is 0.191 e. The van der Waals surface area contributed by atoms with E-state index in [0.29, 0.717) is 0 Å². The van der Waals surface area contributed by atoms with Crippen LogP contribution in [0.25, 0.3) is 0 Å². The standard InChI is InChI=1S/C19H34N4O/c1-5-20-19(22-13-15-23(3)14-6-16-24-4)21-12-11-18-9-7-17(2)8-10-18/h7-10H,5-6,11-16H2,1-4H3,(H2,20,21,22). The van der Waals surface area contributed by atoms with Crippen LogP contribution in [-0.4, -0.2) is 64.3 Å². The number of rotatable bonds is 11. The van der Waals surface area contributed by atoms with Gasteiger partial charge >= 0.3 is 0 Å². The Morgan fingerprint density at radius 2 is 1.92 bits per heavy atom. The maximum Gasteiger partial charge on any atom is 0.191 e. The van der Waals surface area contributed by atoms with Gasteiger partial charge in [-0.1, -0.05) is 29.8 Å². The minimum atomic E-state index is 0.795. The first kappa shape index (κ1) is 20.5. The number of ether oxygens (including phenoxy) is 1. The lowest BCUT2D eigenvalue weighted by atomic mass is 10.1. The van der Waals surface area contributed by atoms with Crippen molar-refractivity contribution in [3.63, 3.8) is 0 Å². The van der Waals surface area contributed by atoms with Gasteiger partial charge in [-0.2, -0.15) is 0 Å². The normalized spacial score (nSPS) is 11.8. The first-order chi connectivity index (χ1) is 11.7. The fraction of sp³-hybridized carbons (Fsp3) is 0.632. The van der Waals surface area contributed by atoms with Crippen LogP contribution in [0.5, 0.6) is 0 Å². The second-order valence-corrected chi connectivity index (χ2v) is 6.07. The van der Waals surface area contributed by atoms with Gasteiger partial charge in [0.05, 0.1) is 6.54 Å². The minimum absolute atomic E-state index is 0.795. The number of aryl methyl sites for hydroxylation is 1. The molecule has 0 heterocycles. The lowest BCUT2D eigenvalue weighted by Gasteiger charge is -2.16. The molecule has 1 rings (SSSR count). The Kier molecular flexibility index (Phi) is 10.9. The zero-order valence-corrected chi connectivity index (χ0v) is 15.8. The summed E-state index contributed by atoms with van der Waals surface area (Å²) in [5.41, 5.74) is 2.65. The molecule has 0 aliphatic rings. The fourth-order valence-corrected chi connectivity index (χ4v) is 2.34. The van der Waals surface area contributed by atoms with E-state index in [2.05, 4.69) is 65.7 Å². The van der Waals surface area contributed by atoms with Gasteiger partial charge in [-0.25, -0.2) is 0 Å². The van der Waals surface area contributed by atoms with Gasteiger partial charge in [0, 0.05) is 39.9 Å². The quantitative estimate of drug-likeness (QED) is 0.369. The molecule has 1 aromatic rings. The third-order valence-corrected chi connectivity index (χ3v) is 3.81. The molecule has 0 saturated heterocycles. The summed E-state index contributed by atoms with van der Waals surface area (Å²) in [5.74, 6) is 0.898. The van der Waals surface area contributed by atoms with E-state index in [1.165, 1.54) is 11.1 Å². The number of nitrogens with one attached hydrogen (secondary N) is 2. The van der Waals surface area contributed by atoms with Crippen molar-refractivity contribution in [3.8, 4) is 0 Å². The van der Waals surface area contributed by atoms with Crippen LogP contribution in [0.15, 0.2) is 29.3 Å². The van der Waals surface area contributed by atoms with Crippen LogP contribution in [0.2, 0.25) is 0 Å². The minimum Gasteiger partial charge on any atom is -0.385 e. The van der Waals surface area contributed by atoms with E-state index in [-0.39, 0.29) is 0 Å². The monoisotopic (exact) mass is 334 g/mol. The Hall–Kier alpha value is -1.59. The van der Waals surface area contributed by atoms with E-state index in [1.54, 1.807) is 7.11 Å². The summed E-state index contributed by atoms with van der Waals surface area (Å²) in [7, 11) is 3.87. The number of guanidine groups is 1. The molecule has 2 N–H and O–H groups in total. The molecule has 0 radical (unpaired) electrons. The summed E-state index contributed by atoms with van der Waals surface area (Å²) >= 11 is 0. The summed E-state index contributed by atoms with van der Waals surface area (Å²) in [4.78, 5) is 6.94. The van der Waals surface area contributed by atoms with Crippen LogP contribution in [0.1, 0.15) is 24.5 Å². The molecule has 136 valence electrons. The third kappa shape index (κ3) is 9.53. The van der Waals surface area contributed by atoms with Crippen molar-refractivity contribution in [3.05, 3.63) is 35.4 Å². The lowest BCUT2D eigenvalue weighted by molar-refractivity contribution is 0.180. The molecule has 0 aromatic heterocycles. The maximum atomic E-state index is 5.08. The van der Waals surface area contributed by atoms with Gasteiger partial charge in [-0.3, -0.25) is 4.99 Å². The summed E-state index contributed by atoms with van der Waals surface area (Å²) in [6.45, 7) is 9.58. The van der Waals surface area contributed by atoms with Crippen LogP contribution in [0, 0.1) is 6.92 Å². The van der Waals surface area contributed by atoms with E-state index in [0.717, 1.165) is 58.1 Å². The molecular formula is C19H34N4O. The molecule has 1 aromatic carbocycles. The second-order valence-electron chi connectivity index (χ2n) is 6.07. The SMILES string of the molecule is CCNC(=NCCN(C)CCCOC)NCCc1ccc(C)cc1. The van der Waals surface area contributed by atoms with Crippen molar-refractivity contribution in [1.29, 1.82) is 0 Å². The van der Waals surface area contributed by atoms with E-state index in [9.17, 15) is 0 Å². The number of hydrogen-bond acceptors (Lipinski definition) is 3. The molecule has 0 fully saturated rings.